The summed E-state index contributed by atoms with van der Waals surface area (Å²) in [4.78, 5) is 0. The average molecular weight is 383 g/mol. The van der Waals surface area contributed by atoms with E-state index in [1.54, 1.807) is 0 Å². The lowest BCUT2D eigenvalue weighted by atomic mass is 10.1. The Kier molecular flexibility index (Phi) is 6.33. The normalized spacial score (nSPS) is 11.7. The van der Waals surface area contributed by atoms with Gasteiger partial charge in [0.1, 0.15) is 0 Å². The van der Waals surface area contributed by atoms with E-state index in [2.05, 4.69) is 77.6 Å². The molecule has 0 saturated heterocycles. The van der Waals surface area contributed by atoms with Crippen molar-refractivity contribution in [2.75, 3.05) is 0 Å². The van der Waals surface area contributed by atoms with Gasteiger partial charge in [0.15, 0.2) is 29.1 Å². The van der Waals surface area contributed by atoms with Gasteiger partial charge in [0, 0.05) is 17.9 Å². The molecule has 8 heteroatoms. The molecule has 1 heterocycles. The Morgan fingerprint density at radius 3 is 2.00 bits per heavy atom. The van der Waals surface area contributed by atoms with Crippen LogP contribution in [0.1, 0.15) is 5.56 Å². The van der Waals surface area contributed by atoms with Crippen molar-refractivity contribution in [2.24, 2.45) is 0 Å². The number of fused-ring (bicyclic) bond motifs is 1. The number of alkyl halides is 3. The molecule has 3 rings (SSSR count). The number of hydrogen-bond acceptors (Lipinski definition) is 3. The molecular formula is C18H16F3NO3S. The van der Waals surface area contributed by atoms with Crippen molar-refractivity contribution in [2.45, 2.75) is 18.5 Å². The van der Waals surface area contributed by atoms with E-state index in [0.29, 0.717) is 0 Å². The van der Waals surface area contributed by atoms with Crippen molar-refractivity contribution in [3.8, 4) is 0 Å². The van der Waals surface area contributed by atoms with Crippen molar-refractivity contribution in [3.05, 3.63) is 78.6 Å². The summed E-state index contributed by atoms with van der Waals surface area (Å²) in [5, 5.41) is 2.60. The SMILES string of the molecule is O=S(=O)([O-])C(F)(F)F.c1ccc(CC[n+]2ccc3ccccc3c2)cc1. The third-order valence-electron chi connectivity index (χ3n) is 3.53. The van der Waals surface area contributed by atoms with Crippen LogP contribution in [-0.2, 0) is 23.1 Å². The van der Waals surface area contributed by atoms with E-state index < -0.39 is 15.6 Å². The first kappa shape index (κ1) is 19.9. The Bertz CT molecular complexity index is 958. The maximum atomic E-state index is 10.7. The molecule has 0 aliphatic heterocycles. The lowest BCUT2D eigenvalue weighted by Gasteiger charge is -2.08. The highest BCUT2D eigenvalue weighted by atomic mass is 32.2. The molecule has 0 bridgehead atoms. The van der Waals surface area contributed by atoms with E-state index >= 15 is 0 Å². The fourth-order valence-electron chi connectivity index (χ4n) is 2.22. The van der Waals surface area contributed by atoms with Gasteiger partial charge in [-0.2, -0.15) is 13.2 Å². The van der Waals surface area contributed by atoms with Gasteiger partial charge < -0.3 is 4.55 Å². The van der Waals surface area contributed by atoms with Crippen molar-refractivity contribution in [1.82, 2.24) is 0 Å². The highest BCUT2D eigenvalue weighted by Crippen LogP contribution is 2.20. The molecule has 0 spiro atoms. The third-order valence-corrected chi connectivity index (χ3v) is 4.10. The fraction of sp³-hybridized carbons (Fsp3) is 0.167. The van der Waals surface area contributed by atoms with Crippen LogP contribution in [0.5, 0.6) is 0 Å². The summed E-state index contributed by atoms with van der Waals surface area (Å²) in [6.07, 6.45) is 5.45. The van der Waals surface area contributed by atoms with Gasteiger partial charge in [0.2, 0.25) is 0 Å². The standard InChI is InChI=1S/C17H16N.CHF3O3S/c1-2-6-15(7-3-1)10-12-18-13-11-16-8-4-5-9-17(16)14-18;2-1(3,4)8(5,6)7/h1-9,11,13-14H,10,12H2;(H,5,6,7)/q+1;/p-1. The molecule has 138 valence electrons. The summed E-state index contributed by atoms with van der Waals surface area (Å²) < 4.78 is 61.2. The summed E-state index contributed by atoms with van der Waals surface area (Å²) in [6.45, 7) is 1.02. The quantitative estimate of drug-likeness (QED) is 0.396. The number of benzene rings is 2. The van der Waals surface area contributed by atoms with Gasteiger partial charge in [-0.15, -0.1) is 0 Å². The van der Waals surface area contributed by atoms with E-state index in [9.17, 15) is 13.2 Å². The first-order chi connectivity index (χ1) is 12.2. The smallest absolute Gasteiger partial charge is 0.485 e. The van der Waals surface area contributed by atoms with E-state index in [1.807, 2.05) is 0 Å². The van der Waals surface area contributed by atoms with Crippen molar-refractivity contribution >= 4 is 20.9 Å². The predicted octanol–water partition coefficient (Wildman–Crippen LogP) is 3.42. The Morgan fingerprint density at radius 2 is 1.42 bits per heavy atom. The Morgan fingerprint density at radius 1 is 0.885 bits per heavy atom. The lowest BCUT2D eigenvalue weighted by Crippen LogP contribution is -2.33. The minimum atomic E-state index is -6.09. The average Bonchev–Trinajstić information content (AvgIpc) is 2.59. The number of hydrogen-bond donors (Lipinski definition) is 0. The molecule has 0 unspecified atom stereocenters. The second-order valence-corrected chi connectivity index (χ2v) is 6.82. The number of rotatable bonds is 3. The minimum Gasteiger partial charge on any atom is -0.741 e. The summed E-state index contributed by atoms with van der Waals surface area (Å²) in [5.74, 6) is 0. The summed E-state index contributed by atoms with van der Waals surface area (Å²) in [5.41, 5.74) is -4.26. The Balaban J connectivity index is 0.000000260. The van der Waals surface area contributed by atoms with Crippen LogP contribution in [0.25, 0.3) is 10.8 Å². The van der Waals surface area contributed by atoms with Crippen LogP contribution in [-0.4, -0.2) is 18.5 Å². The van der Waals surface area contributed by atoms with Crippen LogP contribution in [0.15, 0.2) is 73.1 Å². The van der Waals surface area contributed by atoms with Gasteiger partial charge in [-0.25, -0.2) is 13.0 Å². The number of aryl methyl sites for hydroxylation is 2. The van der Waals surface area contributed by atoms with Gasteiger partial charge >= 0.3 is 5.51 Å². The van der Waals surface area contributed by atoms with Crippen LogP contribution in [0.4, 0.5) is 13.2 Å². The molecular weight excluding hydrogens is 367 g/mol. The highest BCUT2D eigenvalue weighted by molar-refractivity contribution is 7.86. The van der Waals surface area contributed by atoms with Crippen LogP contribution >= 0.6 is 0 Å². The Labute approximate surface area is 149 Å². The predicted molar refractivity (Wildman–Crippen MR) is 90.0 cm³/mol. The van der Waals surface area contributed by atoms with Crippen LogP contribution in [0, 0.1) is 0 Å². The van der Waals surface area contributed by atoms with Gasteiger partial charge in [-0.05, 0) is 17.0 Å². The maximum absolute atomic E-state index is 10.7. The van der Waals surface area contributed by atoms with E-state index in [4.69, 9.17) is 13.0 Å². The van der Waals surface area contributed by atoms with Gasteiger partial charge in [0.05, 0.1) is 0 Å². The third kappa shape index (κ3) is 5.82. The molecule has 0 atom stereocenters. The van der Waals surface area contributed by atoms with Crippen molar-refractivity contribution in [3.63, 3.8) is 0 Å². The molecule has 0 amide bonds. The van der Waals surface area contributed by atoms with Crippen molar-refractivity contribution < 1.29 is 30.7 Å². The number of pyridine rings is 1. The number of aromatic nitrogens is 1. The zero-order valence-corrected chi connectivity index (χ0v) is 14.4. The first-order valence-corrected chi connectivity index (χ1v) is 9.01. The van der Waals surface area contributed by atoms with Crippen LogP contribution in [0.2, 0.25) is 0 Å². The molecule has 0 fully saturated rings. The zero-order valence-electron chi connectivity index (χ0n) is 13.6. The molecule has 4 nitrogen and oxygen atoms in total. The molecule has 1 aromatic heterocycles. The molecule has 0 aliphatic rings. The first-order valence-electron chi connectivity index (χ1n) is 7.61. The van der Waals surface area contributed by atoms with E-state index in [1.165, 1.54) is 16.3 Å². The second-order valence-electron chi connectivity index (χ2n) is 5.45. The molecule has 0 saturated carbocycles. The molecule has 26 heavy (non-hydrogen) atoms. The molecule has 0 N–H and O–H groups in total. The molecule has 3 aromatic rings. The maximum Gasteiger partial charge on any atom is 0.485 e. The van der Waals surface area contributed by atoms with E-state index in [-0.39, 0.29) is 0 Å². The molecule has 0 aliphatic carbocycles. The largest absolute Gasteiger partial charge is 0.741 e. The summed E-state index contributed by atoms with van der Waals surface area (Å²) in [6, 6.07) is 21.3. The van der Waals surface area contributed by atoms with Crippen LogP contribution < -0.4 is 4.57 Å². The van der Waals surface area contributed by atoms with E-state index in [0.717, 1.165) is 13.0 Å². The van der Waals surface area contributed by atoms with Gasteiger partial charge in [-0.1, -0.05) is 48.5 Å². The number of nitrogens with zero attached hydrogens (tertiary/aromatic N) is 1. The summed E-state index contributed by atoms with van der Waals surface area (Å²) >= 11 is 0. The Hall–Kier alpha value is -2.45. The van der Waals surface area contributed by atoms with Crippen molar-refractivity contribution in [1.29, 1.82) is 0 Å². The van der Waals surface area contributed by atoms with Crippen LogP contribution in [0.3, 0.4) is 0 Å². The lowest BCUT2D eigenvalue weighted by molar-refractivity contribution is -0.695. The summed E-state index contributed by atoms with van der Waals surface area (Å²) in [7, 11) is -6.09. The minimum absolute atomic E-state index is 1.02. The molecule has 2 aromatic carbocycles. The van der Waals surface area contributed by atoms with Gasteiger partial charge in [-0.3, -0.25) is 0 Å². The second kappa shape index (κ2) is 8.29. The monoisotopic (exact) mass is 383 g/mol. The number of halogens is 3. The zero-order chi connectivity index (χ0) is 19.2. The topological polar surface area (TPSA) is 61.1 Å². The fourth-order valence-corrected chi connectivity index (χ4v) is 2.22. The highest BCUT2D eigenvalue weighted by Gasteiger charge is 2.36. The van der Waals surface area contributed by atoms with Gasteiger partial charge in [0.25, 0.3) is 0 Å². The molecule has 0 radical (unpaired) electrons.